The largest absolute Gasteiger partial charge is 0.380 e. The summed E-state index contributed by atoms with van der Waals surface area (Å²) >= 11 is 0. The lowest BCUT2D eigenvalue weighted by Crippen LogP contribution is -2.24. The van der Waals surface area contributed by atoms with E-state index in [1.807, 2.05) is 24.4 Å². The Bertz CT molecular complexity index is 162. The van der Waals surface area contributed by atoms with Gasteiger partial charge in [-0.25, -0.2) is 4.89 Å². The van der Waals surface area contributed by atoms with Crippen LogP contribution in [0.3, 0.4) is 0 Å². The first-order chi connectivity index (χ1) is 5.35. The minimum absolute atomic E-state index is 0. The Hall–Kier alpha value is -1.17. The Kier molecular flexibility index (Phi) is 11.0. The van der Waals surface area contributed by atoms with Crippen LogP contribution in [0, 0.1) is 5.41 Å². The van der Waals surface area contributed by atoms with Crippen molar-refractivity contribution in [3.63, 3.8) is 0 Å². The number of nitrogens with one attached hydrogen (secondary N) is 2. The average molecular weight is 175 g/mol. The van der Waals surface area contributed by atoms with E-state index in [4.69, 9.17) is 10.7 Å². The van der Waals surface area contributed by atoms with Crippen LogP contribution in [0.4, 0.5) is 0 Å². The van der Waals surface area contributed by atoms with E-state index in [-0.39, 0.29) is 13.6 Å². The lowest BCUT2D eigenvalue weighted by atomic mass is 10.2. The summed E-state index contributed by atoms with van der Waals surface area (Å²) in [6.07, 6.45) is 8.94. The van der Waals surface area contributed by atoms with E-state index in [1.165, 1.54) is 13.3 Å². The molecule has 1 unspecified atom stereocenters. The molecule has 1 heterocycles. The Morgan fingerprint density at radius 1 is 1.67 bits per heavy atom. The smallest absolute Gasteiger partial charge is 0.0791 e. The third kappa shape index (κ3) is 6.94. The van der Waals surface area contributed by atoms with Gasteiger partial charge in [-0.1, -0.05) is 12.2 Å². The summed E-state index contributed by atoms with van der Waals surface area (Å²) in [4.78, 5) is 3.25. The van der Waals surface area contributed by atoms with Gasteiger partial charge in [0, 0.05) is 7.64 Å². The van der Waals surface area contributed by atoms with Gasteiger partial charge < -0.3 is 16.9 Å². The maximum atomic E-state index is 7.07. The highest BCUT2D eigenvalue weighted by atomic mass is 17.1. The average Bonchev–Trinajstić information content (AvgIpc) is 2.08. The predicted octanol–water partition coefficient (Wildman–Crippen LogP) is 1.19. The van der Waals surface area contributed by atoms with Gasteiger partial charge in [0.15, 0.2) is 0 Å². The van der Waals surface area contributed by atoms with E-state index in [9.17, 15) is 0 Å². The Labute approximate surface area is 73.2 Å². The van der Waals surface area contributed by atoms with Gasteiger partial charge in [0.05, 0.1) is 13.2 Å². The molecular formula is C7H17N3O2. The minimum Gasteiger partial charge on any atom is -0.380 e. The molecule has 0 spiro atoms. The van der Waals surface area contributed by atoms with E-state index in [1.54, 1.807) is 0 Å². The molecule has 1 atom stereocenters. The zero-order valence-electron chi connectivity index (χ0n) is 7.03. The van der Waals surface area contributed by atoms with Gasteiger partial charge >= 0.3 is 0 Å². The molecule has 5 heteroatoms. The van der Waals surface area contributed by atoms with Gasteiger partial charge in [-0.2, -0.15) is 0 Å². The van der Waals surface area contributed by atoms with Crippen molar-refractivity contribution in [2.45, 2.75) is 6.04 Å². The van der Waals surface area contributed by atoms with Gasteiger partial charge in [-0.15, -0.1) is 0 Å². The molecule has 0 fully saturated rings. The van der Waals surface area contributed by atoms with Crippen LogP contribution in [-0.4, -0.2) is 24.6 Å². The molecule has 6 N–H and O–H groups in total. The second-order valence-electron chi connectivity index (χ2n) is 1.79. The fraction of sp³-hybridized carbons (Fsp3) is 0.286. The molecule has 0 aromatic heterocycles. The maximum Gasteiger partial charge on any atom is 0.0791 e. The molecule has 0 aliphatic carbocycles. The van der Waals surface area contributed by atoms with Crippen LogP contribution in [0.5, 0.6) is 0 Å². The second kappa shape index (κ2) is 9.83. The molecule has 0 radical (unpaired) electrons. The molecule has 0 saturated heterocycles. The van der Waals surface area contributed by atoms with Gasteiger partial charge in [0.2, 0.25) is 0 Å². The van der Waals surface area contributed by atoms with Crippen LogP contribution in [0.25, 0.3) is 0 Å². The van der Waals surface area contributed by atoms with Crippen molar-refractivity contribution < 1.29 is 11.6 Å². The molecule has 12 heavy (non-hydrogen) atoms. The van der Waals surface area contributed by atoms with Crippen molar-refractivity contribution in [1.82, 2.24) is 11.5 Å². The van der Waals surface area contributed by atoms with E-state index >= 15 is 0 Å². The Morgan fingerprint density at radius 3 is 2.50 bits per heavy atom. The summed E-state index contributed by atoms with van der Waals surface area (Å²) in [5.74, 6) is 0. The van der Waals surface area contributed by atoms with Crippen LogP contribution in [0.2, 0.25) is 0 Å². The third-order valence-electron chi connectivity index (χ3n) is 0.994. The van der Waals surface area contributed by atoms with Crippen molar-refractivity contribution in [2.24, 2.45) is 0 Å². The highest BCUT2D eigenvalue weighted by molar-refractivity contribution is 5.64. The normalized spacial score (nSPS) is 18.0. The number of rotatable bonds is 1. The summed E-state index contributed by atoms with van der Waals surface area (Å²) in [7, 11) is 1.18. The van der Waals surface area contributed by atoms with Crippen molar-refractivity contribution in [1.29, 1.82) is 5.41 Å². The van der Waals surface area contributed by atoms with Gasteiger partial charge in [-0.3, -0.25) is 5.26 Å². The van der Waals surface area contributed by atoms with Crippen LogP contribution in [0.1, 0.15) is 1.43 Å². The fourth-order valence-corrected chi connectivity index (χ4v) is 0.565. The van der Waals surface area contributed by atoms with Gasteiger partial charge in [0.1, 0.15) is 0 Å². The lowest BCUT2D eigenvalue weighted by Gasteiger charge is -2.07. The zero-order valence-corrected chi connectivity index (χ0v) is 7.03. The third-order valence-corrected chi connectivity index (χ3v) is 0.994. The highest BCUT2D eigenvalue weighted by Crippen LogP contribution is 1.89. The number of dihydropyridines is 1. The molecule has 1 aliphatic heterocycles. The van der Waals surface area contributed by atoms with E-state index in [2.05, 4.69) is 10.2 Å². The quantitative estimate of drug-likeness (QED) is 0.273. The predicted molar refractivity (Wildman–Crippen MR) is 50.8 cm³/mol. The van der Waals surface area contributed by atoms with Crippen molar-refractivity contribution in [3.8, 4) is 0 Å². The monoisotopic (exact) mass is 175 g/mol. The van der Waals surface area contributed by atoms with Crippen LogP contribution in [-0.2, 0) is 4.89 Å². The molecule has 1 aliphatic rings. The maximum absolute atomic E-state index is 7.07. The minimum atomic E-state index is 0. The van der Waals surface area contributed by atoms with Gasteiger partial charge in [-0.05, 0) is 12.3 Å². The van der Waals surface area contributed by atoms with Crippen molar-refractivity contribution >= 4 is 6.21 Å². The first-order valence-electron chi connectivity index (χ1n) is 3.12. The van der Waals surface area contributed by atoms with Crippen LogP contribution in [0.15, 0.2) is 24.4 Å². The van der Waals surface area contributed by atoms with Crippen molar-refractivity contribution in [3.05, 3.63) is 24.4 Å². The topological polar surface area (TPSA) is 100 Å². The molecule has 0 amide bonds. The molecule has 72 valence electrons. The molecule has 1 rings (SSSR count). The first-order valence-corrected chi connectivity index (χ1v) is 3.12. The zero-order chi connectivity index (χ0) is 8.53. The Morgan fingerprint density at radius 2 is 2.25 bits per heavy atom. The first kappa shape index (κ1) is 13.4. The van der Waals surface area contributed by atoms with E-state index < -0.39 is 0 Å². The lowest BCUT2D eigenvalue weighted by molar-refractivity contribution is -0.214. The molecule has 5 nitrogen and oxygen atoms in total. The second-order valence-corrected chi connectivity index (χ2v) is 1.79. The standard InChI is InChI=1S/C6H8N2.CH4O2.H3N.H2/c7-5-6-3-1-2-4-8-6;1-3-2;;/h1-8H;2H,1H3;1H3;1H. The van der Waals surface area contributed by atoms with Crippen molar-refractivity contribution in [2.75, 3.05) is 7.11 Å². The summed E-state index contributed by atoms with van der Waals surface area (Å²) in [6.45, 7) is 0. The van der Waals surface area contributed by atoms with Crippen LogP contribution < -0.4 is 11.5 Å². The summed E-state index contributed by atoms with van der Waals surface area (Å²) in [6, 6.07) is 0.111. The highest BCUT2D eigenvalue weighted by Gasteiger charge is 1.95. The molecule has 0 saturated carbocycles. The summed E-state index contributed by atoms with van der Waals surface area (Å²) < 4.78 is 0. The summed E-state index contributed by atoms with van der Waals surface area (Å²) in [5, 5.41) is 16.9. The van der Waals surface area contributed by atoms with E-state index in [0.29, 0.717) is 0 Å². The van der Waals surface area contributed by atoms with E-state index in [0.717, 1.165) is 0 Å². The number of allylic oxidation sites excluding steroid dienone is 2. The van der Waals surface area contributed by atoms with Gasteiger partial charge in [0.25, 0.3) is 0 Å². The number of hydrogen-bond donors (Lipinski definition) is 4. The molecular weight excluding hydrogens is 158 g/mol. The fourth-order valence-electron chi connectivity index (χ4n) is 0.565. The molecule has 0 aromatic carbocycles. The molecule has 0 aromatic rings. The molecule has 0 bridgehead atoms. The Balaban J connectivity index is -0.000000180. The summed E-state index contributed by atoms with van der Waals surface area (Å²) in [5.41, 5.74) is 0. The number of hydrogen-bond acceptors (Lipinski definition) is 5. The SMILES string of the molecule is COO.N.N=CC1C=CC=CN1.[HH]. The van der Waals surface area contributed by atoms with Crippen LogP contribution >= 0.6 is 0 Å².